The number of benzene rings is 12. The van der Waals surface area contributed by atoms with E-state index in [1.54, 1.807) is 28.4 Å². The lowest BCUT2D eigenvalue weighted by Gasteiger charge is -2.27. The van der Waals surface area contributed by atoms with Crippen molar-refractivity contribution in [3.05, 3.63) is 243 Å². The molecule has 0 amide bonds. The zero-order valence-corrected chi connectivity index (χ0v) is 52.7. The molecule has 5 nitrogen and oxygen atoms in total. The summed E-state index contributed by atoms with van der Waals surface area (Å²) in [6.45, 7) is 0. The van der Waals surface area contributed by atoms with Gasteiger partial charge in [-0.2, -0.15) is 0 Å². The highest BCUT2D eigenvalue weighted by molar-refractivity contribution is 7.80. The van der Waals surface area contributed by atoms with E-state index in [9.17, 15) is 0 Å². The van der Waals surface area contributed by atoms with E-state index >= 15 is 0 Å². The molecule has 4 heterocycles. The summed E-state index contributed by atoms with van der Waals surface area (Å²) in [7, 11) is 4.41. The monoisotopic (exact) mass is 1230 g/mol. The summed E-state index contributed by atoms with van der Waals surface area (Å²) in [5, 5.41) is 17.1. The minimum Gasteiger partial charge on any atom is -0.496 e. The first kappa shape index (κ1) is 53.8. The van der Waals surface area contributed by atoms with Crippen molar-refractivity contribution in [3.8, 4) is 56.8 Å². The van der Waals surface area contributed by atoms with Gasteiger partial charge in [-0.25, -0.2) is 0 Å². The number of fused-ring (bicyclic) bond motifs is 12. The van der Waals surface area contributed by atoms with Crippen molar-refractivity contribution in [2.75, 3.05) is 28.4 Å². The maximum atomic E-state index is 7.66. The number of hydrogen-bond acceptors (Lipinski definition) is 9. The SMILES string of the molecule is COc1cccc(Oc2cccc(OC)c2-c2c(OC)cccc2P(c2ccc3sc4ccccc4c3c2)c2ccc3sc4ccccc4c3c2)c1-c1c(OC)cccc1P(c1ccc2sc3ccccc3c2c1)c1ccc2sc3ccccc3c2c1. The third-order valence-electron chi connectivity index (χ3n) is 16.5. The van der Waals surface area contributed by atoms with E-state index in [4.69, 9.17) is 23.7 Å². The zero-order chi connectivity index (χ0) is 58.3. The standard InChI is InChI=1S/C76H52O5P2S4/c1-77-57-21-13-25-61(73(57)75-59(79-3)23-15-27-63(75)82(45-33-37-69-53(41-45)49-17-5-9-29-65(49)84-69)46-34-38-70-54(42-46)50-18-6-10-30-66(50)85-70)81-62-26-14-22-58(78-2)74(62)76-60(80-4)24-16-28-64(76)83(47-35-39-71-55(43-47)51-19-7-11-31-67(51)86-71)48-36-40-72-56(44-48)52-20-8-12-32-68(52)87-72/h5-44H,1-4H3. The molecule has 0 N–H and O–H groups in total. The topological polar surface area (TPSA) is 46.2 Å². The number of thiophene rings is 4. The second-order valence-corrected chi connectivity index (χ2v) is 30.0. The van der Waals surface area contributed by atoms with Crippen LogP contribution >= 0.6 is 61.2 Å². The van der Waals surface area contributed by atoms with Crippen molar-refractivity contribution in [1.29, 1.82) is 0 Å². The van der Waals surface area contributed by atoms with E-state index in [1.807, 2.05) is 81.7 Å². The molecule has 0 fully saturated rings. The molecule has 0 saturated heterocycles. The number of methoxy groups -OCH3 is 4. The Bertz CT molecular complexity index is 4830. The lowest BCUT2D eigenvalue weighted by atomic mass is 10.0. The molecule has 87 heavy (non-hydrogen) atoms. The van der Waals surface area contributed by atoms with Crippen molar-refractivity contribution in [1.82, 2.24) is 0 Å². The summed E-state index contributed by atoms with van der Waals surface area (Å²) in [6, 6.07) is 88.4. The Hall–Kier alpha value is -8.62. The van der Waals surface area contributed by atoms with Crippen molar-refractivity contribution in [2.24, 2.45) is 0 Å². The minimum absolute atomic E-state index is 0.589. The lowest BCUT2D eigenvalue weighted by molar-refractivity contribution is 0.402. The van der Waals surface area contributed by atoms with Crippen LogP contribution in [0.3, 0.4) is 0 Å². The van der Waals surface area contributed by atoms with Crippen LogP contribution < -0.4 is 55.5 Å². The predicted molar refractivity (Wildman–Crippen MR) is 379 cm³/mol. The summed E-state index contributed by atoms with van der Waals surface area (Å²) < 4.78 is 43.9. The maximum Gasteiger partial charge on any atom is 0.139 e. The lowest BCUT2D eigenvalue weighted by Crippen LogP contribution is -2.23. The van der Waals surface area contributed by atoms with Crippen LogP contribution in [-0.4, -0.2) is 28.4 Å². The van der Waals surface area contributed by atoms with Gasteiger partial charge in [0.1, 0.15) is 34.5 Å². The van der Waals surface area contributed by atoms with Crippen LogP contribution in [0.15, 0.2) is 243 Å². The van der Waals surface area contributed by atoms with E-state index in [-0.39, 0.29) is 0 Å². The third-order valence-corrected chi connectivity index (χ3v) is 26.0. The van der Waals surface area contributed by atoms with Gasteiger partial charge in [-0.15, -0.1) is 45.3 Å². The van der Waals surface area contributed by atoms with Crippen LogP contribution in [0.4, 0.5) is 0 Å². The van der Waals surface area contributed by atoms with Crippen LogP contribution in [0.1, 0.15) is 0 Å². The molecular formula is C76H52O5P2S4. The molecule has 0 atom stereocenters. The van der Waals surface area contributed by atoms with Crippen LogP contribution in [0.25, 0.3) is 103 Å². The summed E-state index contributed by atoms with van der Waals surface area (Å²) in [5.41, 5.74) is 3.33. The molecule has 0 unspecified atom stereocenters. The molecule has 4 aromatic heterocycles. The molecule has 16 rings (SSSR count). The van der Waals surface area contributed by atoms with Gasteiger partial charge in [0.25, 0.3) is 0 Å². The van der Waals surface area contributed by atoms with E-state index in [1.165, 1.54) is 102 Å². The molecule has 16 aromatic rings. The molecular weight excluding hydrogens is 1180 g/mol. The zero-order valence-electron chi connectivity index (χ0n) is 47.7. The van der Waals surface area contributed by atoms with Crippen LogP contribution in [0.5, 0.6) is 34.5 Å². The van der Waals surface area contributed by atoms with Crippen molar-refractivity contribution in [2.45, 2.75) is 0 Å². The van der Waals surface area contributed by atoms with E-state index in [0.29, 0.717) is 34.5 Å². The molecule has 0 aliphatic heterocycles. The highest BCUT2D eigenvalue weighted by Crippen LogP contribution is 2.53. The number of hydrogen-bond donors (Lipinski definition) is 0. The van der Waals surface area contributed by atoms with Gasteiger partial charge in [-0.3, -0.25) is 0 Å². The van der Waals surface area contributed by atoms with Gasteiger partial charge in [0.15, 0.2) is 0 Å². The highest BCUT2D eigenvalue weighted by Gasteiger charge is 2.32. The van der Waals surface area contributed by atoms with Crippen molar-refractivity contribution in [3.63, 3.8) is 0 Å². The molecule has 0 aliphatic carbocycles. The second kappa shape index (κ2) is 22.3. The van der Waals surface area contributed by atoms with E-state index in [2.05, 4.69) is 206 Å². The fourth-order valence-electron chi connectivity index (χ4n) is 12.7. The Morgan fingerprint density at radius 1 is 0.230 bits per heavy atom. The average Bonchev–Trinajstić information content (AvgIpc) is 3.37. The molecule has 11 heteroatoms. The Labute approximate surface area is 521 Å². The molecule has 0 spiro atoms. The van der Waals surface area contributed by atoms with Crippen LogP contribution in [-0.2, 0) is 0 Å². The molecule has 0 aliphatic rings. The van der Waals surface area contributed by atoms with Gasteiger partial charge in [-0.05, 0) is 157 Å². The fraction of sp³-hybridized carbons (Fsp3) is 0.0526. The van der Waals surface area contributed by atoms with Gasteiger partial charge < -0.3 is 23.7 Å². The van der Waals surface area contributed by atoms with Gasteiger partial charge in [0.2, 0.25) is 0 Å². The molecule has 420 valence electrons. The largest absolute Gasteiger partial charge is 0.496 e. The minimum atomic E-state index is -1.29. The second-order valence-electron chi connectivity index (χ2n) is 21.3. The Balaban J connectivity index is 0.909. The van der Waals surface area contributed by atoms with Crippen LogP contribution in [0.2, 0.25) is 0 Å². The molecule has 0 bridgehead atoms. The molecule has 0 saturated carbocycles. The van der Waals surface area contributed by atoms with Gasteiger partial charge in [-0.1, -0.05) is 133 Å². The van der Waals surface area contributed by atoms with E-state index in [0.717, 1.165) is 32.9 Å². The van der Waals surface area contributed by atoms with Gasteiger partial charge in [0, 0.05) is 91.8 Å². The Morgan fingerprint density at radius 3 is 0.782 bits per heavy atom. The summed E-state index contributed by atoms with van der Waals surface area (Å²) >= 11 is 7.35. The van der Waals surface area contributed by atoms with Crippen LogP contribution in [0, 0.1) is 0 Å². The highest BCUT2D eigenvalue weighted by atomic mass is 32.1. The quantitative estimate of drug-likeness (QED) is 0.102. The number of rotatable bonds is 14. The van der Waals surface area contributed by atoms with Gasteiger partial charge in [0.05, 0.1) is 39.6 Å². The summed E-state index contributed by atoms with van der Waals surface area (Å²) in [6.07, 6.45) is 0. The first-order valence-corrected chi connectivity index (χ1v) is 34.5. The summed E-state index contributed by atoms with van der Waals surface area (Å²) in [5.74, 6) is 3.87. The van der Waals surface area contributed by atoms with Crippen molar-refractivity contribution >= 4 is 174 Å². The number of ether oxygens (including phenoxy) is 5. The van der Waals surface area contributed by atoms with E-state index < -0.39 is 15.8 Å². The first-order chi connectivity index (χ1) is 42.9. The molecule has 12 aromatic carbocycles. The average molecular weight is 1240 g/mol. The normalized spacial score (nSPS) is 11.9. The van der Waals surface area contributed by atoms with Gasteiger partial charge >= 0.3 is 0 Å². The predicted octanol–water partition coefficient (Wildman–Crippen LogP) is 19.8. The molecule has 0 radical (unpaired) electrons. The maximum absolute atomic E-state index is 7.66. The summed E-state index contributed by atoms with van der Waals surface area (Å²) in [4.78, 5) is 0. The fourth-order valence-corrected chi connectivity index (χ4v) is 22.0. The Kier molecular flexibility index (Phi) is 13.8. The third kappa shape index (κ3) is 9.14. The first-order valence-electron chi connectivity index (χ1n) is 28.6. The Morgan fingerprint density at radius 2 is 0.483 bits per heavy atom. The van der Waals surface area contributed by atoms with Crippen molar-refractivity contribution < 1.29 is 23.7 Å². The smallest absolute Gasteiger partial charge is 0.139 e.